The van der Waals surface area contributed by atoms with Crippen molar-refractivity contribution in [2.45, 2.75) is 12.8 Å². The summed E-state index contributed by atoms with van der Waals surface area (Å²) in [5.74, 6) is 1.77. The summed E-state index contributed by atoms with van der Waals surface area (Å²) in [4.78, 5) is 6.72. The van der Waals surface area contributed by atoms with Gasteiger partial charge in [0, 0.05) is 36.7 Å². The van der Waals surface area contributed by atoms with E-state index in [1.807, 2.05) is 11.6 Å². The standard InChI is InChI=1S/C17H19N3O2S/c1-21-16-9-13(10-18)4-5-15(16)22-12-14-3-2-7-20(11-14)17-19-6-8-23-17/h4-6,8-9,14H,2-3,7,11-12H2,1H3. The Bertz CT molecular complexity index is 682. The van der Waals surface area contributed by atoms with Gasteiger partial charge in [-0.15, -0.1) is 11.3 Å². The molecule has 2 aromatic rings. The van der Waals surface area contributed by atoms with E-state index in [0.717, 1.165) is 31.1 Å². The Hall–Kier alpha value is -2.26. The Balaban J connectivity index is 1.61. The van der Waals surface area contributed by atoms with Gasteiger partial charge in [0.15, 0.2) is 16.6 Å². The molecule has 0 amide bonds. The number of methoxy groups -OCH3 is 1. The first kappa shape index (κ1) is 15.6. The molecule has 1 fully saturated rings. The lowest BCUT2D eigenvalue weighted by atomic mass is 9.99. The third-order valence-electron chi connectivity index (χ3n) is 3.98. The van der Waals surface area contributed by atoms with Crippen molar-refractivity contribution in [3.05, 3.63) is 35.3 Å². The van der Waals surface area contributed by atoms with Gasteiger partial charge in [-0.2, -0.15) is 5.26 Å². The molecule has 0 spiro atoms. The minimum Gasteiger partial charge on any atom is -0.493 e. The largest absolute Gasteiger partial charge is 0.493 e. The molecule has 1 saturated heterocycles. The van der Waals surface area contributed by atoms with Crippen molar-refractivity contribution in [1.29, 1.82) is 5.26 Å². The Morgan fingerprint density at radius 3 is 3.09 bits per heavy atom. The van der Waals surface area contributed by atoms with Crippen LogP contribution in [0.2, 0.25) is 0 Å². The van der Waals surface area contributed by atoms with Gasteiger partial charge in [0.05, 0.1) is 25.3 Å². The predicted octanol–water partition coefficient (Wildman–Crippen LogP) is 3.32. The lowest BCUT2D eigenvalue weighted by Gasteiger charge is -2.32. The maximum absolute atomic E-state index is 8.95. The highest BCUT2D eigenvalue weighted by Crippen LogP contribution is 2.30. The molecule has 6 heteroatoms. The van der Waals surface area contributed by atoms with Crippen molar-refractivity contribution < 1.29 is 9.47 Å². The Morgan fingerprint density at radius 2 is 2.35 bits per heavy atom. The Kier molecular flexibility index (Phi) is 4.99. The van der Waals surface area contributed by atoms with Crippen LogP contribution in [0, 0.1) is 17.2 Å². The number of rotatable bonds is 5. The molecule has 0 aliphatic carbocycles. The van der Waals surface area contributed by atoms with Crippen LogP contribution in [-0.4, -0.2) is 31.8 Å². The third kappa shape index (κ3) is 3.74. The highest BCUT2D eigenvalue weighted by atomic mass is 32.1. The maximum Gasteiger partial charge on any atom is 0.185 e. The van der Waals surface area contributed by atoms with Gasteiger partial charge in [-0.05, 0) is 25.0 Å². The molecule has 120 valence electrons. The molecule has 0 saturated carbocycles. The second-order valence-corrected chi connectivity index (χ2v) is 6.43. The topological polar surface area (TPSA) is 58.4 Å². The average Bonchev–Trinajstić information content (AvgIpc) is 3.14. The van der Waals surface area contributed by atoms with Crippen LogP contribution >= 0.6 is 11.3 Å². The van der Waals surface area contributed by atoms with Crippen LogP contribution in [0.3, 0.4) is 0 Å². The normalized spacial score (nSPS) is 17.6. The second-order valence-electron chi connectivity index (χ2n) is 5.56. The number of ether oxygens (including phenoxy) is 2. The smallest absolute Gasteiger partial charge is 0.185 e. The summed E-state index contributed by atoms with van der Waals surface area (Å²) in [5, 5.41) is 12.0. The third-order valence-corrected chi connectivity index (χ3v) is 4.81. The molecular weight excluding hydrogens is 310 g/mol. The van der Waals surface area contributed by atoms with E-state index in [2.05, 4.69) is 16.0 Å². The van der Waals surface area contributed by atoms with Gasteiger partial charge in [-0.25, -0.2) is 4.98 Å². The fourth-order valence-corrected chi connectivity index (χ4v) is 3.49. The first-order valence-electron chi connectivity index (χ1n) is 7.65. The number of benzene rings is 1. The number of nitriles is 1. The predicted molar refractivity (Wildman–Crippen MR) is 90.3 cm³/mol. The zero-order chi connectivity index (χ0) is 16.1. The molecular formula is C17H19N3O2S. The monoisotopic (exact) mass is 329 g/mol. The van der Waals surface area contributed by atoms with Crippen molar-refractivity contribution in [3.8, 4) is 17.6 Å². The lowest BCUT2D eigenvalue weighted by Crippen LogP contribution is -2.37. The van der Waals surface area contributed by atoms with E-state index < -0.39 is 0 Å². The molecule has 1 aliphatic rings. The quantitative estimate of drug-likeness (QED) is 0.842. The zero-order valence-corrected chi connectivity index (χ0v) is 13.9. The molecule has 1 atom stereocenters. The van der Waals surface area contributed by atoms with E-state index in [-0.39, 0.29) is 0 Å². The van der Waals surface area contributed by atoms with Crippen molar-refractivity contribution in [2.75, 3.05) is 31.7 Å². The van der Waals surface area contributed by atoms with Crippen LogP contribution < -0.4 is 14.4 Å². The molecule has 23 heavy (non-hydrogen) atoms. The molecule has 5 nitrogen and oxygen atoms in total. The molecule has 1 aromatic heterocycles. The summed E-state index contributed by atoms with van der Waals surface area (Å²) < 4.78 is 11.3. The molecule has 1 unspecified atom stereocenters. The van der Waals surface area contributed by atoms with Crippen molar-refractivity contribution in [3.63, 3.8) is 0 Å². The number of hydrogen-bond acceptors (Lipinski definition) is 6. The minimum absolute atomic E-state index is 0.466. The van der Waals surface area contributed by atoms with E-state index in [9.17, 15) is 0 Å². The van der Waals surface area contributed by atoms with Gasteiger partial charge >= 0.3 is 0 Å². The summed E-state index contributed by atoms with van der Waals surface area (Å²) in [7, 11) is 1.59. The molecule has 0 bridgehead atoms. The number of hydrogen-bond donors (Lipinski definition) is 0. The first-order chi connectivity index (χ1) is 11.3. The number of nitrogens with zero attached hydrogens (tertiary/aromatic N) is 3. The highest BCUT2D eigenvalue weighted by molar-refractivity contribution is 7.13. The van der Waals surface area contributed by atoms with Gasteiger partial charge in [0.1, 0.15) is 0 Å². The average molecular weight is 329 g/mol. The van der Waals surface area contributed by atoms with Crippen LogP contribution in [0.15, 0.2) is 29.8 Å². The van der Waals surface area contributed by atoms with Gasteiger partial charge in [-0.1, -0.05) is 0 Å². The van der Waals surface area contributed by atoms with Gasteiger partial charge in [-0.3, -0.25) is 0 Å². The van der Waals surface area contributed by atoms with Crippen LogP contribution in [0.4, 0.5) is 5.13 Å². The minimum atomic E-state index is 0.466. The molecule has 2 heterocycles. The van der Waals surface area contributed by atoms with E-state index in [4.69, 9.17) is 14.7 Å². The number of aromatic nitrogens is 1. The van der Waals surface area contributed by atoms with Crippen molar-refractivity contribution in [1.82, 2.24) is 4.98 Å². The SMILES string of the molecule is COc1cc(C#N)ccc1OCC1CCCN(c2nccs2)C1. The zero-order valence-electron chi connectivity index (χ0n) is 13.1. The van der Waals surface area contributed by atoms with Gasteiger partial charge in [0.2, 0.25) is 0 Å². The summed E-state index contributed by atoms with van der Waals surface area (Å²) in [5.41, 5.74) is 0.571. The Morgan fingerprint density at radius 1 is 1.43 bits per heavy atom. The van der Waals surface area contributed by atoms with Crippen LogP contribution in [0.5, 0.6) is 11.5 Å². The number of piperidine rings is 1. The van der Waals surface area contributed by atoms with E-state index in [0.29, 0.717) is 29.6 Å². The molecule has 0 radical (unpaired) electrons. The lowest BCUT2D eigenvalue weighted by molar-refractivity contribution is 0.220. The molecule has 1 aliphatic heterocycles. The van der Waals surface area contributed by atoms with Crippen molar-refractivity contribution >= 4 is 16.5 Å². The second kappa shape index (κ2) is 7.34. The fourth-order valence-electron chi connectivity index (χ4n) is 2.81. The van der Waals surface area contributed by atoms with E-state index in [1.165, 1.54) is 0 Å². The summed E-state index contributed by atoms with van der Waals surface area (Å²) in [6, 6.07) is 7.37. The molecule has 3 rings (SSSR count). The summed E-state index contributed by atoms with van der Waals surface area (Å²) in [6.45, 7) is 2.67. The number of anilines is 1. The first-order valence-corrected chi connectivity index (χ1v) is 8.53. The molecule has 1 aromatic carbocycles. The van der Waals surface area contributed by atoms with E-state index >= 15 is 0 Å². The summed E-state index contributed by atoms with van der Waals surface area (Å²) >= 11 is 1.68. The fraction of sp³-hybridized carbons (Fsp3) is 0.412. The van der Waals surface area contributed by atoms with Crippen LogP contribution in [0.1, 0.15) is 18.4 Å². The highest BCUT2D eigenvalue weighted by Gasteiger charge is 2.22. The van der Waals surface area contributed by atoms with Crippen LogP contribution in [0.25, 0.3) is 0 Å². The van der Waals surface area contributed by atoms with E-state index in [1.54, 1.807) is 36.6 Å². The maximum atomic E-state index is 8.95. The van der Waals surface area contributed by atoms with Crippen LogP contribution in [-0.2, 0) is 0 Å². The van der Waals surface area contributed by atoms with Gasteiger partial charge in [0.25, 0.3) is 0 Å². The number of thiazole rings is 1. The Labute approximate surface area is 140 Å². The molecule has 0 N–H and O–H groups in total. The van der Waals surface area contributed by atoms with Gasteiger partial charge < -0.3 is 14.4 Å². The summed E-state index contributed by atoms with van der Waals surface area (Å²) in [6.07, 6.45) is 4.15. The van der Waals surface area contributed by atoms with Crippen molar-refractivity contribution in [2.24, 2.45) is 5.92 Å².